The molecule has 12 heteroatoms. The van der Waals surface area contributed by atoms with Gasteiger partial charge in [-0.3, -0.25) is 9.98 Å². The molecule has 6 N–H and O–H groups in total. The second kappa shape index (κ2) is 19.7. The monoisotopic (exact) mass is 646 g/mol. The van der Waals surface area contributed by atoms with Crippen molar-refractivity contribution in [3.05, 3.63) is 59.7 Å². The Morgan fingerprint density at radius 3 is 1.27 bits per heavy atom. The molecule has 2 unspecified atom stereocenters. The predicted molar refractivity (Wildman–Crippen MR) is 186 cm³/mol. The van der Waals surface area contributed by atoms with Gasteiger partial charge in [-0.2, -0.15) is 0 Å². The van der Waals surface area contributed by atoms with Crippen LogP contribution >= 0.6 is 24.8 Å². The molecule has 44 heavy (non-hydrogen) atoms. The molecule has 4 amide bonds. The summed E-state index contributed by atoms with van der Waals surface area (Å²) >= 11 is 0. The maximum absolute atomic E-state index is 12.2. The van der Waals surface area contributed by atoms with Crippen molar-refractivity contribution < 1.29 is 9.59 Å². The summed E-state index contributed by atoms with van der Waals surface area (Å²) in [7, 11) is 0. The summed E-state index contributed by atoms with van der Waals surface area (Å²) in [4.78, 5) is 33.3. The van der Waals surface area contributed by atoms with E-state index in [0.29, 0.717) is 25.2 Å². The van der Waals surface area contributed by atoms with Crippen molar-refractivity contribution in [1.29, 1.82) is 0 Å². The lowest BCUT2D eigenvalue weighted by atomic mass is 10.1. The van der Waals surface area contributed by atoms with Crippen LogP contribution in [-0.2, 0) is 0 Å². The highest BCUT2D eigenvalue weighted by Gasteiger charge is 2.15. The average molecular weight is 648 g/mol. The number of rotatable bonds is 15. The van der Waals surface area contributed by atoms with E-state index >= 15 is 0 Å². The van der Waals surface area contributed by atoms with Crippen molar-refractivity contribution >= 4 is 59.9 Å². The third-order valence-electron chi connectivity index (χ3n) is 7.32. The van der Waals surface area contributed by atoms with E-state index in [1.807, 2.05) is 48.5 Å². The van der Waals surface area contributed by atoms with Gasteiger partial charge in [-0.1, -0.05) is 38.5 Å². The van der Waals surface area contributed by atoms with Gasteiger partial charge in [-0.15, -0.1) is 24.8 Å². The third kappa shape index (κ3) is 12.6. The Labute approximate surface area is 273 Å². The molecular weight excluding hydrogens is 599 g/mol. The minimum atomic E-state index is -0.171. The van der Waals surface area contributed by atoms with Crippen molar-refractivity contribution in [1.82, 2.24) is 21.3 Å². The molecule has 0 fully saturated rings. The van der Waals surface area contributed by atoms with E-state index in [-0.39, 0.29) is 36.9 Å². The smallest absolute Gasteiger partial charge is 0.319 e. The molecule has 2 aromatic carbocycles. The van der Waals surface area contributed by atoms with Crippen LogP contribution in [0.25, 0.3) is 0 Å². The van der Waals surface area contributed by atoms with Crippen LogP contribution in [0.1, 0.15) is 76.3 Å². The van der Waals surface area contributed by atoms with E-state index in [9.17, 15) is 9.59 Å². The van der Waals surface area contributed by atoms with Gasteiger partial charge < -0.3 is 31.9 Å². The fourth-order valence-electron chi connectivity index (χ4n) is 4.94. The number of nitrogens with zero attached hydrogens (tertiary/aromatic N) is 2. The summed E-state index contributed by atoms with van der Waals surface area (Å²) in [6.07, 6.45) is 8.89. The molecule has 0 saturated heterocycles. The SMILES string of the molecule is CC1CN=C(c2ccc(NC(=O)NCCCCCCCCCCNC(=O)Nc3ccc(C4=NCC(C)N4)cc3)cc2)N1.Cl.Cl. The fourth-order valence-corrected chi connectivity index (χ4v) is 4.94. The number of halogens is 2. The summed E-state index contributed by atoms with van der Waals surface area (Å²) in [6.45, 7) is 7.15. The Morgan fingerprint density at radius 2 is 0.955 bits per heavy atom. The van der Waals surface area contributed by atoms with Gasteiger partial charge in [0, 0.05) is 47.7 Å². The van der Waals surface area contributed by atoms with Crippen LogP contribution in [0.15, 0.2) is 58.5 Å². The molecule has 2 aliphatic rings. The van der Waals surface area contributed by atoms with Gasteiger partial charge in [-0.25, -0.2) is 9.59 Å². The Morgan fingerprint density at radius 1 is 0.614 bits per heavy atom. The van der Waals surface area contributed by atoms with Crippen molar-refractivity contribution in [2.24, 2.45) is 9.98 Å². The standard InChI is InChI=1S/C32H46N8O2.2ClH/c1-23-21-35-29(37-23)25-11-15-27(16-12-25)39-31(41)33-19-9-7-5-3-4-6-8-10-20-34-32(42)40-28-17-13-26(14-18-28)30-36-22-24(2)38-30;;/h11-18,23-24H,3-10,19-22H2,1-2H3,(H,35,37)(H,36,38)(H2,33,39,41)(H2,34,40,42);2*1H. The number of anilines is 2. The highest BCUT2D eigenvalue weighted by molar-refractivity contribution is 6.01. The van der Waals surface area contributed by atoms with Gasteiger partial charge in [-0.05, 0) is 75.2 Å². The first-order valence-corrected chi connectivity index (χ1v) is 15.4. The summed E-state index contributed by atoms with van der Waals surface area (Å²) in [5.41, 5.74) is 3.61. The van der Waals surface area contributed by atoms with E-state index in [4.69, 9.17) is 0 Å². The van der Waals surface area contributed by atoms with Crippen LogP contribution in [0.5, 0.6) is 0 Å². The summed E-state index contributed by atoms with van der Waals surface area (Å²) in [6, 6.07) is 15.9. The van der Waals surface area contributed by atoms with Crippen molar-refractivity contribution in [2.45, 2.75) is 77.3 Å². The number of carbonyl (C=O) groups is 2. The molecule has 2 aliphatic heterocycles. The maximum Gasteiger partial charge on any atom is 0.319 e. The molecule has 0 aromatic heterocycles. The van der Waals surface area contributed by atoms with Gasteiger partial charge in [0.2, 0.25) is 0 Å². The van der Waals surface area contributed by atoms with Crippen molar-refractivity contribution in [2.75, 3.05) is 36.8 Å². The minimum absolute atomic E-state index is 0. The van der Waals surface area contributed by atoms with Gasteiger partial charge in [0.25, 0.3) is 0 Å². The molecule has 4 rings (SSSR count). The molecule has 0 radical (unpaired) electrons. The van der Waals surface area contributed by atoms with Crippen LogP contribution in [-0.4, -0.2) is 62.0 Å². The second-order valence-corrected chi connectivity index (χ2v) is 11.2. The Hall–Kier alpha value is -3.50. The molecule has 0 aliphatic carbocycles. The molecule has 0 bridgehead atoms. The van der Waals surface area contributed by atoms with Crippen LogP contribution in [0, 0.1) is 0 Å². The molecule has 242 valence electrons. The van der Waals surface area contributed by atoms with E-state index in [1.165, 1.54) is 25.7 Å². The van der Waals surface area contributed by atoms with Gasteiger partial charge in [0.05, 0.1) is 13.1 Å². The molecule has 2 heterocycles. The van der Waals surface area contributed by atoms with Crippen LogP contribution in [0.3, 0.4) is 0 Å². The molecule has 2 aromatic rings. The molecule has 0 saturated carbocycles. The van der Waals surface area contributed by atoms with Crippen molar-refractivity contribution in [3.8, 4) is 0 Å². The lowest BCUT2D eigenvalue weighted by Crippen LogP contribution is -2.29. The number of carbonyl (C=O) groups excluding carboxylic acids is 2. The second-order valence-electron chi connectivity index (χ2n) is 11.2. The van der Waals surface area contributed by atoms with E-state index in [1.54, 1.807) is 0 Å². The predicted octanol–water partition coefficient (Wildman–Crippen LogP) is 6.07. The Balaban J connectivity index is 0.00000337. The zero-order valence-corrected chi connectivity index (χ0v) is 27.4. The van der Waals surface area contributed by atoms with Crippen LogP contribution in [0.2, 0.25) is 0 Å². The highest BCUT2D eigenvalue weighted by Crippen LogP contribution is 2.14. The zero-order chi connectivity index (χ0) is 29.6. The number of unbranched alkanes of at least 4 members (excludes halogenated alkanes) is 7. The lowest BCUT2D eigenvalue weighted by Gasteiger charge is -2.10. The number of amides is 4. The number of aliphatic imine (C=N–C) groups is 2. The number of benzene rings is 2. The van der Waals surface area contributed by atoms with Gasteiger partial charge in [0.1, 0.15) is 11.7 Å². The van der Waals surface area contributed by atoms with E-state index in [0.717, 1.165) is 72.9 Å². The maximum atomic E-state index is 12.2. The highest BCUT2D eigenvalue weighted by atomic mass is 35.5. The summed E-state index contributed by atoms with van der Waals surface area (Å²) in [5, 5.41) is 18.3. The lowest BCUT2D eigenvalue weighted by molar-refractivity contribution is 0.251. The van der Waals surface area contributed by atoms with Crippen LogP contribution < -0.4 is 31.9 Å². The first-order chi connectivity index (χ1) is 20.5. The minimum Gasteiger partial charge on any atom is -0.366 e. The van der Waals surface area contributed by atoms with E-state index in [2.05, 4.69) is 55.7 Å². The number of urea groups is 2. The molecule has 0 spiro atoms. The average Bonchev–Trinajstić information content (AvgIpc) is 3.62. The summed E-state index contributed by atoms with van der Waals surface area (Å²) < 4.78 is 0. The number of nitrogens with one attached hydrogen (secondary N) is 6. The fraction of sp³-hybridized carbons (Fsp3) is 0.500. The quantitative estimate of drug-likeness (QED) is 0.131. The zero-order valence-electron chi connectivity index (χ0n) is 25.8. The van der Waals surface area contributed by atoms with Crippen LogP contribution in [0.4, 0.5) is 21.0 Å². The topological polar surface area (TPSA) is 131 Å². The molecule has 10 nitrogen and oxygen atoms in total. The normalized spacial score (nSPS) is 16.7. The number of hydrogen-bond acceptors (Lipinski definition) is 6. The third-order valence-corrected chi connectivity index (χ3v) is 7.32. The summed E-state index contributed by atoms with van der Waals surface area (Å²) in [5.74, 6) is 1.83. The molecular formula is C32H48Cl2N8O2. The first-order valence-electron chi connectivity index (χ1n) is 15.4. The van der Waals surface area contributed by atoms with Crippen molar-refractivity contribution in [3.63, 3.8) is 0 Å². The Bertz CT molecular complexity index is 1130. The number of hydrogen-bond donors (Lipinski definition) is 6. The first kappa shape index (κ1) is 36.7. The van der Waals surface area contributed by atoms with Gasteiger partial charge >= 0.3 is 12.1 Å². The Kier molecular flexibility index (Phi) is 16.4. The molecule has 2 atom stereocenters. The van der Waals surface area contributed by atoms with E-state index < -0.39 is 0 Å². The number of amidine groups is 2. The largest absolute Gasteiger partial charge is 0.366 e. The van der Waals surface area contributed by atoms with Gasteiger partial charge in [0.15, 0.2) is 0 Å².